The summed E-state index contributed by atoms with van der Waals surface area (Å²) in [6, 6.07) is 7.83. The Balaban J connectivity index is 1.49. The summed E-state index contributed by atoms with van der Waals surface area (Å²) in [6.07, 6.45) is 4.04. The molecule has 0 saturated carbocycles. The second-order valence-electron chi connectivity index (χ2n) is 12.7. The smallest absolute Gasteiger partial charge is 0.246 e. The number of halogens is 2. The van der Waals surface area contributed by atoms with E-state index >= 15 is 4.39 Å². The molecule has 0 fully saturated rings. The fraction of sp³-hybridized carbons (Fsp3) is 0.351. The molecule has 0 unspecified atom stereocenters. The molecule has 5 aromatic rings. The highest BCUT2D eigenvalue weighted by Gasteiger charge is 2.35. The lowest BCUT2D eigenvalue weighted by Gasteiger charge is -2.38. The van der Waals surface area contributed by atoms with Crippen LogP contribution in [-0.2, 0) is 22.5 Å². The second kappa shape index (κ2) is 13.1. The molecular weight excluding hydrogens is 647 g/mol. The van der Waals surface area contributed by atoms with Gasteiger partial charge in [0.15, 0.2) is 0 Å². The largest absolute Gasteiger partial charge is 0.490 e. The monoisotopic (exact) mass is 684 g/mol. The highest BCUT2D eigenvalue weighted by atomic mass is 32.1. The van der Waals surface area contributed by atoms with Gasteiger partial charge >= 0.3 is 0 Å². The number of methoxy groups -OCH3 is 1. The molecule has 0 spiro atoms. The van der Waals surface area contributed by atoms with E-state index in [0.717, 1.165) is 51.6 Å². The number of nitrogens with zero attached hydrogens (tertiary/aromatic N) is 6. The molecule has 1 amide bonds. The van der Waals surface area contributed by atoms with Gasteiger partial charge in [0, 0.05) is 77.4 Å². The third-order valence-corrected chi connectivity index (χ3v) is 10.7. The summed E-state index contributed by atoms with van der Waals surface area (Å²) in [7, 11) is 3.64. The number of thiophene rings is 1. The number of likely N-dealkylation sites (N-methyl/N-ethyl adjacent to an activating group) is 1. The first-order chi connectivity index (χ1) is 23.6. The van der Waals surface area contributed by atoms with Crippen LogP contribution in [0.4, 0.5) is 8.78 Å². The van der Waals surface area contributed by atoms with Crippen LogP contribution in [0, 0.1) is 11.6 Å². The zero-order chi connectivity index (χ0) is 34.6. The summed E-state index contributed by atoms with van der Waals surface area (Å²) < 4.78 is 44.7. The number of carbonyl (C=O) groups is 1. The molecule has 0 bridgehead atoms. The van der Waals surface area contributed by atoms with Crippen molar-refractivity contribution in [2.24, 2.45) is 0 Å². The average Bonchev–Trinajstić information content (AvgIpc) is 3.74. The molecule has 0 radical (unpaired) electrons. The molecule has 0 N–H and O–H groups in total. The van der Waals surface area contributed by atoms with Gasteiger partial charge < -0.3 is 14.4 Å². The van der Waals surface area contributed by atoms with Crippen molar-refractivity contribution in [2.45, 2.75) is 51.9 Å². The third kappa shape index (κ3) is 5.71. The van der Waals surface area contributed by atoms with E-state index in [4.69, 9.17) is 24.5 Å². The van der Waals surface area contributed by atoms with Crippen LogP contribution in [0.3, 0.4) is 0 Å². The van der Waals surface area contributed by atoms with E-state index in [-0.39, 0.29) is 48.6 Å². The molecular formula is C37H38F2N6O3S. The molecule has 7 rings (SSSR count). The van der Waals surface area contributed by atoms with Crippen LogP contribution in [0.15, 0.2) is 54.6 Å². The van der Waals surface area contributed by atoms with Gasteiger partial charge in [0.05, 0.1) is 36.1 Å². The first-order valence-corrected chi connectivity index (χ1v) is 17.2. The molecule has 0 saturated heterocycles. The number of fused-ring (bicyclic) bond motifs is 3. The third-order valence-electron chi connectivity index (χ3n) is 9.75. The van der Waals surface area contributed by atoms with Crippen molar-refractivity contribution >= 4 is 27.3 Å². The number of aromatic nitrogens is 4. The maximum absolute atomic E-state index is 16.2. The molecule has 0 aliphatic carbocycles. The number of ether oxygens (including phenoxy) is 2. The second-order valence-corrected chi connectivity index (χ2v) is 13.6. The Morgan fingerprint density at radius 1 is 1.10 bits per heavy atom. The first-order valence-electron chi connectivity index (χ1n) is 16.4. The van der Waals surface area contributed by atoms with Crippen molar-refractivity contribution in [3.8, 4) is 39.5 Å². The van der Waals surface area contributed by atoms with E-state index < -0.39 is 11.6 Å². The van der Waals surface area contributed by atoms with E-state index in [1.54, 1.807) is 4.90 Å². The minimum Gasteiger partial charge on any atom is -0.490 e. The lowest BCUT2D eigenvalue weighted by Crippen LogP contribution is -2.46. The summed E-state index contributed by atoms with van der Waals surface area (Å²) in [6.45, 7) is 11.5. The van der Waals surface area contributed by atoms with E-state index in [0.29, 0.717) is 29.2 Å². The maximum Gasteiger partial charge on any atom is 0.246 e. The highest BCUT2D eigenvalue weighted by molar-refractivity contribution is 7.18. The molecule has 4 aromatic heterocycles. The molecule has 254 valence electrons. The van der Waals surface area contributed by atoms with Gasteiger partial charge in [-0.3, -0.25) is 19.4 Å². The Labute approximate surface area is 287 Å². The first kappa shape index (κ1) is 33.0. The Bertz CT molecular complexity index is 2090. The van der Waals surface area contributed by atoms with Gasteiger partial charge in [0.25, 0.3) is 0 Å². The summed E-state index contributed by atoms with van der Waals surface area (Å²) in [4.78, 5) is 27.1. The van der Waals surface area contributed by atoms with E-state index in [1.807, 2.05) is 42.2 Å². The quantitative estimate of drug-likeness (QED) is 0.126. The molecule has 9 nitrogen and oxygen atoms in total. The van der Waals surface area contributed by atoms with Gasteiger partial charge in [-0.15, -0.1) is 11.3 Å². The van der Waals surface area contributed by atoms with Crippen LogP contribution < -0.4 is 4.74 Å². The van der Waals surface area contributed by atoms with Crippen molar-refractivity contribution < 1.29 is 23.0 Å². The predicted molar refractivity (Wildman–Crippen MR) is 186 cm³/mol. The van der Waals surface area contributed by atoms with Crippen LogP contribution in [0.25, 0.3) is 43.9 Å². The van der Waals surface area contributed by atoms with Crippen LogP contribution in [0.5, 0.6) is 5.75 Å². The summed E-state index contributed by atoms with van der Waals surface area (Å²) in [5.74, 6) is -1.66. The molecule has 6 heterocycles. The summed E-state index contributed by atoms with van der Waals surface area (Å²) in [5, 5.41) is 7.76. The molecule has 3 atom stereocenters. The number of carbonyl (C=O) groups excluding carboxylic acids is 1. The number of hydrogen-bond acceptors (Lipinski definition) is 8. The lowest BCUT2D eigenvalue weighted by atomic mass is 9.94. The molecule has 2 aliphatic heterocycles. The number of amides is 1. The van der Waals surface area contributed by atoms with Crippen molar-refractivity contribution in [1.29, 1.82) is 0 Å². The normalized spacial score (nSPS) is 19.2. The predicted octanol–water partition coefficient (Wildman–Crippen LogP) is 7.22. The standard InChI is InChI=1S/C37H38F2N6O3S/c1-7-32(46)45-20(2)19-44-30(22(45)4)17-29(42-44)36-34(33-27(39)15-24(38)16-31(33)48-12-11-47-6)37-25(9-13-49-37)35(41-36)23-14-26-21(3)43(5)10-8-28(26)40-18-23/h7,9,13-18,20-22H,1,8,10-12,19H2,2-6H3/t20-,21+,22+/m0/s1. The van der Waals surface area contributed by atoms with Gasteiger partial charge in [0.1, 0.15) is 35.4 Å². The van der Waals surface area contributed by atoms with Crippen LogP contribution in [0.2, 0.25) is 0 Å². The van der Waals surface area contributed by atoms with Crippen molar-refractivity contribution in [3.63, 3.8) is 0 Å². The number of hydrogen-bond donors (Lipinski definition) is 0. The minimum atomic E-state index is -0.779. The van der Waals surface area contributed by atoms with Crippen molar-refractivity contribution in [1.82, 2.24) is 29.5 Å². The van der Waals surface area contributed by atoms with Gasteiger partial charge in [-0.1, -0.05) is 6.58 Å². The van der Waals surface area contributed by atoms with E-state index in [9.17, 15) is 9.18 Å². The van der Waals surface area contributed by atoms with Crippen LogP contribution in [0.1, 0.15) is 49.8 Å². The maximum atomic E-state index is 16.2. The van der Waals surface area contributed by atoms with Crippen LogP contribution in [-0.4, -0.2) is 75.4 Å². The van der Waals surface area contributed by atoms with Gasteiger partial charge in [-0.2, -0.15) is 5.10 Å². The van der Waals surface area contributed by atoms with Gasteiger partial charge in [-0.25, -0.2) is 13.8 Å². The molecule has 2 aliphatic rings. The average molecular weight is 685 g/mol. The Hall–Kier alpha value is -4.52. The molecule has 12 heteroatoms. The minimum absolute atomic E-state index is 0.0427. The Morgan fingerprint density at radius 3 is 2.69 bits per heavy atom. The van der Waals surface area contributed by atoms with Crippen molar-refractivity contribution in [2.75, 3.05) is 33.9 Å². The fourth-order valence-electron chi connectivity index (χ4n) is 7.13. The Kier molecular flexibility index (Phi) is 8.80. The van der Waals surface area contributed by atoms with Gasteiger partial charge in [0.2, 0.25) is 5.91 Å². The summed E-state index contributed by atoms with van der Waals surface area (Å²) in [5.41, 5.74) is 6.01. The molecule has 49 heavy (non-hydrogen) atoms. The zero-order valence-electron chi connectivity index (χ0n) is 28.2. The number of rotatable bonds is 8. The zero-order valence-corrected chi connectivity index (χ0v) is 29.0. The summed E-state index contributed by atoms with van der Waals surface area (Å²) >= 11 is 1.44. The van der Waals surface area contributed by atoms with E-state index in [1.165, 1.54) is 30.6 Å². The van der Waals surface area contributed by atoms with Gasteiger partial charge in [-0.05, 0) is 63.0 Å². The molecule has 1 aromatic carbocycles. The highest BCUT2D eigenvalue weighted by Crippen LogP contribution is 2.48. The van der Waals surface area contributed by atoms with Crippen LogP contribution >= 0.6 is 11.3 Å². The number of benzene rings is 1. The lowest BCUT2D eigenvalue weighted by molar-refractivity contribution is -0.131. The number of pyridine rings is 2. The van der Waals surface area contributed by atoms with E-state index in [2.05, 4.69) is 31.5 Å². The fourth-order valence-corrected chi connectivity index (χ4v) is 8.08. The SMILES string of the molecule is C=CC(=O)N1[C@H](C)c2cc(-c3nc(-c4cnc5c(c4)[C@@H](C)N(C)CC5)c4ccsc4c3-c3c(F)cc(F)cc3OCCOC)nn2C[C@@H]1C. The Morgan fingerprint density at radius 2 is 1.92 bits per heavy atom. The van der Waals surface area contributed by atoms with Crippen molar-refractivity contribution in [3.05, 3.63) is 83.1 Å². The topological polar surface area (TPSA) is 85.6 Å².